The fourth-order valence-corrected chi connectivity index (χ4v) is 7.87. The monoisotopic (exact) mass is 679 g/mol. The van der Waals surface area contributed by atoms with E-state index in [4.69, 9.17) is 0 Å². The summed E-state index contributed by atoms with van der Waals surface area (Å²) >= 11 is 0. The van der Waals surface area contributed by atoms with Gasteiger partial charge in [0.15, 0.2) is 0 Å². The zero-order valence-corrected chi connectivity index (χ0v) is 29.3. The Morgan fingerprint density at radius 3 is 2.27 bits per heavy atom. The molecule has 1 aliphatic heterocycles. The molecular formula is C36H53N7O6. The zero-order chi connectivity index (χ0) is 35.3. The molecule has 1 aromatic heterocycles. The molecule has 2 heterocycles. The Morgan fingerprint density at radius 1 is 0.898 bits per heavy atom. The fraction of sp³-hybridized carbons (Fsp3) is 0.722. The summed E-state index contributed by atoms with van der Waals surface area (Å²) in [7, 11) is 0. The number of Topliss-reactive ketones (excluding diaryl/α,β-unsaturated/α-hetero) is 1. The lowest BCUT2D eigenvalue weighted by Gasteiger charge is -2.38. The minimum absolute atomic E-state index is 0.0132. The van der Waals surface area contributed by atoms with Crippen LogP contribution in [0.3, 0.4) is 0 Å². The van der Waals surface area contributed by atoms with Gasteiger partial charge in [0, 0.05) is 25.0 Å². The van der Waals surface area contributed by atoms with Crippen molar-refractivity contribution in [3.8, 4) is 0 Å². The number of carbonyl (C=O) groups excluding carboxylic acids is 6. The molecule has 13 nitrogen and oxygen atoms in total. The zero-order valence-electron chi connectivity index (χ0n) is 29.3. The number of aromatic nitrogens is 2. The van der Waals surface area contributed by atoms with Crippen molar-refractivity contribution in [3.63, 3.8) is 0 Å². The van der Waals surface area contributed by atoms with Crippen LogP contribution in [0.1, 0.15) is 115 Å². The highest BCUT2D eigenvalue weighted by Gasteiger charge is 2.52. The Kier molecular flexibility index (Phi) is 11.7. The van der Waals surface area contributed by atoms with Crippen LogP contribution in [0.2, 0.25) is 0 Å². The maximum absolute atomic E-state index is 14.6. The van der Waals surface area contributed by atoms with Crippen molar-refractivity contribution in [2.24, 2.45) is 23.2 Å². The van der Waals surface area contributed by atoms with Crippen LogP contribution in [0.4, 0.5) is 0 Å². The van der Waals surface area contributed by atoms with Gasteiger partial charge in [-0.25, -0.2) is 4.98 Å². The lowest BCUT2D eigenvalue weighted by Crippen LogP contribution is -2.62. The van der Waals surface area contributed by atoms with Gasteiger partial charge in [0.1, 0.15) is 23.8 Å². The maximum Gasteiger partial charge on any atom is 0.289 e. The minimum atomic E-state index is -0.994. The van der Waals surface area contributed by atoms with Gasteiger partial charge < -0.3 is 26.2 Å². The predicted octanol–water partition coefficient (Wildman–Crippen LogP) is 2.45. The van der Waals surface area contributed by atoms with E-state index in [0.29, 0.717) is 19.4 Å². The van der Waals surface area contributed by atoms with Gasteiger partial charge in [-0.05, 0) is 68.1 Å². The Hall–Kier alpha value is -3.90. The van der Waals surface area contributed by atoms with E-state index in [1.165, 1.54) is 18.6 Å². The van der Waals surface area contributed by atoms with E-state index < -0.39 is 59.0 Å². The summed E-state index contributed by atoms with van der Waals surface area (Å²) in [5, 5.41) is 11.5. The van der Waals surface area contributed by atoms with Crippen molar-refractivity contribution in [1.29, 1.82) is 0 Å². The molecule has 6 atom stereocenters. The molecule has 0 aromatic carbocycles. The quantitative estimate of drug-likeness (QED) is 0.230. The summed E-state index contributed by atoms with van der Waals surface area (Å²) in [6, 6.07) is -3.68. The molecule has 268 valence electrons. The minimum Gasteiger partial charge on any atom is -0.347 e. The van der Waals surface area contributed by atoms with Crippen molar-refractivity contribution in [3.05, 3.63) is 24.3 Å². The van der Waals surface area contributed by atoms with E-state index in [9.17, 15) is 28.8 Å². The smallest absolute Gasteiger partial charge is 0.289 e. The van der Waals surface area contributed by atoms with Crippen LogP contribution >= 0.6 is 0 Å². The molecule has 0 radical (unpaired) electrons. The van der Waals surface area contributed by atoms with E-state index in [1.807, 2.05) is 27.7 Å². The number of carbonyl (C=O) groups is 6. The van der Waals surface area contributed by atoms with Crippen LogP contribution in [0.15, 0.2) is 18.6 Å². The van der Waals surface area contributed by atoms with Gasteiger partial charge in [-0.2, -0.15) is 0 Å². The average molecular weight is 680 g/mol. The normalized spacial score (nSPS) is 24.2. The molecule has 0 unspecified atom stereocenters. The molecule has 4 aliphatic rings. The number of nitrogens with one attached hydrogen (secondary N) is 4. The number of amides is 5. The van der Waals surface area contributed by atoms with Gasteiger partial charge in [-0.1, -0.05) is 59.8 Å². The molecule has 5 amide bonds. The van der Waals surface area contributed by atoms with E-state index in [1.54, 1.807) is 4.90 Å². The van der Waals surface area contributed by atoms with Gasteiger partial charge in [-0.15, -0.1) is 0 Å². The number of nitrogens with zero attached hydrogens (tertiary/aromatic N) is 3. The third-order valence-corrected chi connectivity index (χ3v) is 10.7. The second-order valence-electron chi connectivity index (χ2n) is 15.5. The first-order valence-electron chi connectivity index (χ1n) is 18.2. The van der Waals surface area contributed by atoms with Gasteiger partial charge in [0.25, 0.3) is 11.8 Å². The molecule has 4 N–H and O–H groups in total. The Labute approximate surface area is 288 Å². The van der Waals surface area contributed by atoms with E-state index in [0.717, 1.165) is 64.2 Å². The van der Waals surface area contributed by atoms with Crippen LogP contribution in [0.25, 0.3) is 0 Å². The standard InChI is InChI=1S/C36H53N7O6/c1-5-10-25(29(44)34(48)39-23-15-16-23)40-33(47)28-24-14-9-13-22(24)20-43(28)35(49)30(36(2,3)4)42-32(46)27(21-11-7-6-8-12-21)41-31(45)26-19-37-17-18-38-26/h17-19,21-25,27-28,30H,5-16,20H2,1-4H3,(H,39,48)(H,40,47)(H,41,45)(H,42,46)/t22-,24-,25+,27-,28+,30+/m1/s1. The molecule has 0 spiro atoms. The first-order chi connectivity index (χ1) is 23.4. The third kappa shape index (κ3) is 8.83. The molecule has 3 saturated carbocycles. The molecule has 49 heavy (non-hydrogen) atoms. The summed E-state index contributed by atoms with van der Waals surface area (Å²) < 4.78 is 0. The molecule has 3 aliphatic carbocycles. The van der Waals surface area contributed by atoms with Gasteiger partial charge >= 0.3 is 0 Å². The predicted molar refractivity (Wildman–Crippen MR) is 181 cm³/mol. The first kappa shape index (κ1) is 36.4. The van der Waals surface area contributed by atoms with Gasteiger partial charge in [0.2, 0.25) is 23.5 Å². The second kappa shape index (κ2) is 15.8. The third-order valence-electron chi connectivity index (χ3n) is 10.7. The molecule has 4 fully saturated rings. The number of fused-ring (bicyclic) bond motifs is 1. The van der Waals surface area contributed by atoms with Crippen molar-refractivity contribution < 1.29 is 28.8 Å². The largest absolute Gasteiger partial charge is 0.347 e. The maximum atomic E-state index is 14.6. The highest BCUT2D eigenvalue weighted by atomic mass is 16.2. The number of hydrogen-bond donors (Lipinski definition) is 4. The molecule has 5 rings (SSSR count). The summed E-state index contributed by atoms with van der Waals surface area (Å²) in [6.45, 7) is 7.85. The molecular weight excluding hydrogens is 626 g/mol. The Bertz CT molecular complexity index is 1390. The summed E-state index contributed by atoms with van der Waals surface area (Å²) in [5.74, 6) is -3.20. The fourth-order valence-electron chi connectivity index (χ4n) is 7.87. The summed E-state index contributed by atoms with van der Waals surface area (Å²) in [4.78, 5) is 91.4. The molecule has 0 bridgehead atoms. The lowest BCUT2D eigenvalue weighted by atomic mass is 9.82. The van der Waals surface area contributed by atoms with E-state index >= 15 is 0 Å². The van der Waals surface area contributed by atoms with E-state index in [2.05, 4.69) is 31.2 Å². The van der Waals surface area contributed by atoms with Crippen molar-refractivity contribution in [2.45, 2.75) is 135 Å². The SMILES string of the molecule is CCC[C@H](NC(=O)[C@@H]1[C@@H]2CCC[C@@H]2CN1C(=O)[C@H](NC(=O)[C@H](NC(=O)c1cnccn1)C1CCCCC1)C(C)(C)C)C(=O)C(=O)NC1CC1. The number of hydrogen-bond acceptors (Lipinski definition) is 8. The second-order valence-corrected chi connectivity index (χ2v) is 15.5. The van der Waals surface area contributed by atoms with Crippen LogP contribution < -0.4 is 21.3 Å². The number of ketones is 1. The topological polar surface area (TPSA) is 180 Å². The Morgan fingerprint density at radius 2 is 1.63 bits per heavy atom. The first-order valence-corrected chi connectivity index (χ1v) is 18.2. The van der Waals surface area contributed by atoms with E-state index in [-0.39, 0.29) is 35.4 Å². The lowest BCUT2D eigenvalue weighted by molar-refractivity contribution is -0.146. The molecule has 1 aromatic rings. The van der Waals surface area contributed by atoms with Crippen LogP contribution in [0.5, 0.6) is 0 Å². The van der Waals surface area contributed by atoms with Crippen LogP contribution in [-0.2, 0) is 24.0 Å². The highest BCUT2D eigenvalue weighted by Crippen LogP contribution is 2.43. The van der Waals surface area contributed by atoms with Crippen LogP contribution in [0, 0.1) is 23.2 Å². The highest BCUT2D eigenvalue weighted by molar-refractivity contribution is 6.38. The molecule has 13 heteroatoms. The Balaban J connectivity index is 1.36. The molecule has 1 saturated heterocycles. The summed E-state index contributed by atoms with van der Waals surface area (Å²) in [5.41, 5.74) is -0.638. The van der Waals surface area contributed by atoms with Crippen molar-refractivity contribution in [1.82, 2.24) is 36.1 Å². The van der Waals surface area contributed by atoms with Crippen molar-refractivity contribution >= 4 is 35.3 Å². The van der Waals surface area contributed by atoms with Gasteiger partial charge in [-0.3, -0.25) is 33.8 Å². The number of likely N-dealkylation sites (tertiary alicyclic amines) is 1. The average Bonchev–Trinajstić information content (AvgIpc) is 3.65. The van der Waals surface area contributed by atoms with Gasteiger partial charge in [0.05, 0.1) is 12.2 Å². The summed E-state index contributed by atoms with van der Waals surface area (Å²) in [6.07, 6.45) is 13.9. The van der Waals surface area contributed by atoms with Crippen molar-refractivity contribution in [2.75, 3.05) is 6.54 Å². The number of rotatable bonds is 13. The van der Waals surface area contributed by atoms with Crippen LogP contribution in [-0.4, -0.2) is 86.9 Å².